The number of halogens is 1. The first-order chi connectivity index (χ1) is 8.76. The summed E-state index contributed by atoms with van der Waals surface area (Å²) in [6, 6.07) is 8.11. The molecule has 0 heterocycles. The lowest BCUT2D eigenvalue weighted by molar-refractivity contribution is 0.410. The van der Waals surface area contributed by atoms with Crippen LogP contribution < -0.4 is 5.32 Å². The molecule has 0 unspecified atom stereocenters. The first-order valence-corrected chi connectivity index (χ1v) is 5.92. The van der Waals surface area contributed by atoms with E-state index < -0.39 is 6.67 Å². The van der Waals surface area contributed by atoms with Crippen molar-refractivity contribution >= 4 is 5.96 Å². The van der Waals surface area contributed by atoms with Gasteiger partial charge in [-0.05, 0) is 24.0 Å². The molecule has 18 heavy (non-hydrogen) atoms. The third-order valence-corrected chi connectivity index (χ3v) is 3.14. The molecule has 0 aliphatic heterocycles. The van der Waals surface area contributed by atoms with Crippen molar-refractivity contribution in [1.82, 2.24) is 10.2 Å². The van der Waals surface area contributed by atoms with Crippen LogP contribution in [-0.4, -0.2) is 24.1 Å². The van der Waals surface area contributed by atoms with Crippen molar-refractivity contribution in [3.8, 4) is 6.19 Å². The van der Waals surface area contributed by atoms with Crippen molar-refractivity contribution in [2.75, 3.05) is 13.2 Å². The molecule has 2 rings (SSSR count). The minimum absolute atomic E-state index is 0.0307. The highest BCUT2D eigenvalue weighted by molar-refractivity contribution is 5.78. The van der Waals surface area contributed by atoms with Gasteiger partial charge in [0.2, 0.25) is 5.96 Å². The lowest BCUT2D eigenvalue weighted by Gasteiger charge is -2.21. The van der Waals surface area contributed by atoms with Gasteiger partial charge < -0.3 is 5.32 Å². The monoisotopic (exact) mass is 246 g/mol. The standard InChI is InChI=1S/C13H15FN4/c14-7-8-18(9-15)13(16)17-12-6-5-10-3-1-2-4-11(10)12/h1-4,12H,5-8H2,(H2,16,17)/t12-/m0/s1. The molecule has 1 aliphatic rings. The maximum atomic E-state index is 12.2. The second-order valence-corrected chi connectivity index (χ2v) is 4.22. The molecule has 0 amide bonds. The van der Waals surface area contributed by atoms with E-state index >= 15 is 0 Å². The summed E-state index contributed by atoms with van der Waals surface area (Å²) in [5.41, 5.74) is 2.44. The maximum absolute atomic E-state index is 12.2. The SMILES string of the molecule is N#CN(CCF)C(=N)N[C@H]1CCc2ccccc21. The van der Waals surface area contributed by atoms with Gasteiger partial charge in [-0.15, -0.1) is 0 Å². The quantitative estimate of drug-likeness (QED) is 0.371. The molecule has 0 spiro atoms. The third-order valence-electron chi connectivity index (χ3n) is 3.14. The van der Waals surface area contributed by atoms with Crippen molar-refractivity contribution in [1.29, 1.82) is 10.7 Å². The largest absolute Gasteiger partial charge is 0.349 e. The number of benzene rings is 1. The van der Waals surface area contributed by atoms with Gasteiger partial charge in [-0.2, -0.15) is 5.26 Å². The van der Waals surface area contributed by atoms with Crippen molar-refractivity contribution < 1.29 is 4.39 Å². The van der Waals surface area contributed by atoms with Crippen molar-refractivity contribution in [2.24, 2.45) is 0 Å². The average molecular weight is 246 g/mol. The number of nitrogens with one attached hydrogen (secondary N) is 2. The van der Waals surface area contributed by atoms with E-state index in [2.05, 4.69) is 11.4 Å². The Kier molecular flexibility index (Phi) is 3.78. The summed E-state index contributed by atoms with van der Waals surface area (Å²) in [4.78, 5) is 1.03. The number of alkyl halides is 1. The predicted molar refractivity (Wildman–Crippen MR) is 66.7 cm³/mol. The van der Waals surface area contributed by atoms with Crippen LogP contribution in [0.5, 0.6) is 0 Å². The zero-order chi connectivity index (χ0) is 13.0. The Hall–Kier alpha value is -2.09. The molecule has 1 aliphatic carbocycles. The number of nitriles is 1. The van der Waals surface area contributed by atoms with Crippen LogP contribution >= 0.6 is 0 Å². The van der Waals surface area contributed by atoms with Gasteiger partial charge in [0.25, 0.3) is 0 Å². The third kappa shape index (κ3) is 2.43. The molecule has 1 aromatic carbocycles. The van der Waals surface area contributed by atoms with Crippen LogP contribution in [0.1, 0.15) is 23.6 Å². The summed E-state index contributed by atoms with van der Waals surface area (Å²) < 4.78 is 12.2. The van der Waals surface area contributed by atoms with Gasteiger partial charge >= 0.3 is 0 Å². The van der Waals surface area contributed by atoms with Crippen molar-refractivity contribution in [3.05, 3.63) is 35.4 Å². The zero-order valence-corrected chi connectivity index (χ0v) is 9.99. The van der Waals surface area contributed by atoms with Gasteiger partial charge in [-0.25, -0.2) is 9.29 Å². The number of hydrogen-bond donors (Lipinski definition) is 2. The van der Waals surface area contributed by atoms with E-state index in [0.29, 0.717) is 0 Å². The Morgan fingerprint density at radius 2 is 2.33 bits per heavy atom. The van der Waals surface area contributed by atoms with Crippen LogP contribution in [-0.2, 0) is 6.42 Å². The lowest BCUT2D eigenvalue weighted by Crippen LogP contribution is -2.40. The molecular formula is C13H15FN4. The minimum Gasteiger partial charge on any atom is -0.349 e. The Morgan fingerprint density at radius 1 is 1.56 bits per heavy atom. The first kappa shape index (κ1) is 12.4. The van der Waals surface area contributed by atoms with E-state index in [4.69, 9.17) is 10.7 Å². The summed E-state index contributed by atoms with van der Waals surface area (Å²) in [7, 11) is 0. The normalized spacial score (nSPS) is 16.8. The molecule has 94 valence electrons. The summed E-state index contributed by atoms with van der Waals surface area (Å²) in [5.74, 6) is -0.0307. The average Bonchev–Trinajstić information content (AvgIpc) is 2.79. The number of hydrogen-bond acceptors (Lipinski definition) is 2. The molecule has 0 saturated heterocycles. The topological polar surface area (TPSA) is 62.9 Å². The molecule has 1 atom stereocenters. The molecule has 5 heteroatoms. The molecule has 4 nitrogen and oxygen atoms in total. The summed E-state index contributed by atoms with van der Waals surface area (Å²) in [6.07, 6.45) is 3.68. The Morgan fingerprint density at radius 3 is 3.06 bits per heavy atom. The Balaban J connectivity index is 2.04. The molecular weight excluding hydrogens is 231 g/mol. The van der Waals surface area contributed by atoms with Gasteiger partial charge in [-0.3, -0.25) is 5.41 Å². The second-order valence-electron chi connectivity index (χ2n) is 4.22. The van der Waals surface area contributed by atoms with Crippen molar-refractivity contribution in [2.45, 2.75) is 18.9 Å². The summed E-state index contributed by atoms with van der Waals surface area (Å²) in [5, 5.41) is 19.6. The fraction of sp³-hybridized carbons (Fsp3) is 0.385. The maximum Gasteiger partial charge on any atom is 0.205 e. The van der Waals surface area contributed by atoms with E-state index in [-0.39, 0.29) is 18.5 Å². The number of guanidine groups is 1. The smallest absolute Gasteiger partial charge is 0.205 e. The molecule has 0 bridgehead atoms. The molecule has 0 aromatic heterocycles. The fourth-order valence-electron chi connectivity index (χ4n) is 2.25. The van der Waals surface area contributed by atoms with E-state index in [1.54, 1.807) is 6.19 Å². The van der Waals surface area contributed by atoms with Gasteiger partial charge in [0.15, 0.2) is 6.19 Å². The minimum atomic E-state index is -0.640. The van der Waals surface area contributed by atoms with Crippen LogP contribution in [0.25, 0.3) is 0 Å². The lowest BCUT2D eigenvalue weighted by atomic mass is 10.1. The van der Waals surface area contributed by atoms with E-state index in [1.165, 1.54) is 11.1 Å². The van der Waals surface area contributed by atoms with Crippen LogP contribution in [0.4, 0.5) is 4.39 Å². The molecule has 2 N–H and O–H groups in total. The molecule has 1 aromatic rings. The Bertz CT molecular complexity index is 480. The zero-order valence-electron chi connectivity index (χ0n) is 9.99. The molecule has 0 fully saturated rings. The van der Waals surface area contributed by atoms with Gasteiger partial charge in [0.05, 0.1) is 12.6 Å². The van der Waals surface area contributed by atoms with E-state index in [0.717, 1.165) is 17.7 Å². The molecule has 0 radical (unpaired) electrons. The highest BCUT2D eigenvalue weighted by Crippen LogP contribution is 2.30. The highest BCUT2D eigenvalue weighted by atomic mass is 19.1. The van der Waals surface area contributed by atoms with E-state index in [9.17, 15) is 4.39 Å². The fourth-order valence-corrected chi connectivity index (χ4v) is 2.25. The summed E-state index contributed by atoms with van der Waals surface area (Å²) >= 11 is 0. The number of fused-ring (bicyclic) bond motifs is 1. The Labute approximate surface area is 106 Å². The second kappa shape index (κ2) is 5.50. The van der Waals surface area contributed by atoms with E-state index in [1.807, 2.05) is 18.2 Å². The number of nitrogens with zero attached hydrogens (tertiary/aromatic N) is 2. The van der Waals surface area contributed by atoms with Crippen molar-refractivity contribution in [3.63, 3.8) is 0 Å². The first-order valence-electron chi connectivity index (χ1n) is 5.92. The van der Waals surface area contributed by atoms with Crippen LogP contribution in [0.3, 0.4) is 0 Å². The molecule has 0 saturated carbocycles. The van der Waals surface area contributed by atoms with Gasteiger partial charge in [0.1, 0.15) is 6.67 Å². The van der Waals surface area contributed by atoms with Crippen LogP contribution in [0.15, 0.2) is 24.3 Å². The van der Waals surface area contributed by atoms with Gasteiger partial charge in [-0.1, -0.05) is 24.3 Å². The summed E-state index contributed by atoms with van der Waals surface area (Å²) in [6.45, 7) is -0.713. The van der Waals surface area contributed by atoms with Crippen LogP contribution in [0, 0.1) is 16.9 Å². The number of aryl methyl sites for hydroxylation is 1. The number of rotatable bonds is 3. The highest BCUT2D eigenvalue weighted by Gasteiger charge is 2.23. The van der Waals surface area contributed by atoms with Gasteiger partial charge in [0, 0.05) is 0 Å². The predicted octanol–water partition coefficient (Wildman–Crippen LogP) is 1.95. The van der Waals surface area contributed by atoms with Crippen LogP contribution in [0.2, 0.25) is 0 Å².